The van der Waals surface area contributed by atoms with Gasteiger partial charge in [0.05, 0.1) is 6.67 Å². The number of halogens is 1. The van der Waals surface area contributed by atoms with Gasteiger partial charge in [-0.25, -0.2) is 0 Å². The van der Waals surface area contributed by atoms with Gasteiger partial charge >= 0.3 is 0 Å². The molecule has 7 heavy (non-hydrogen) atoms. The number of rotatable bonds is 1. The van der Waals surface area contributed by atoms with Crippen molar-refractivity contribution in [1.82, 2.24) is 5.32 Å². The van der Waals surface area contributed by atoms with Crippen molar-refractivity contribution in [3.8, 4) is 0 Å². The highest BCUT2D eigenvalue weighted by Gasteiger charge is 2.30. The van der Waals surface area contributed by atoms with Crippen molar-refractivity contribution in [2.75, 3.05) is 19.8 Å². The summed E-state index contributed by atoms with van der Waals surface area (Å²) in [5, 5.41) is 3.01. The van der Waals surface area contributed by atoms with E-state index < -0.39 is 0 Å². The van der Waals surface area contributed by atoms with Crippen molar-refractivity contribution < 1.29 is 4.39 Å². The van der Waals surface area contributed by atoms with Gasteiger partial charge in [0, 0.05) is 18.5 Å². The highest BCUT2D eigenvalue weighted by atomic mass is 19.1. The van der Waals surface area contributed by atoms with Crippen LogP contribution in [0.5, 0.6) is 0 Å². The molecule has 0 atom stereocenters. The van der Waals surface area contributed by atoms with E-state index in [4.69, 9.17) is 0 Å². The number of hydrogen-bond acceptors (Lipinski definition) is 1. The number of hydrogen-bond donors (Lipinski definition) is 1. The second kappa shape index (κ2) is 1.44. The van der Waals surface area contributed by atoms with Crippen LogP contribution in [0.4, 0.5) is 4.39 Å². The smallest absolute Gasteiger partial charge is 0.0972 e. The van der Waals surface area contributed by atoms with Gasteiger partial charge in [-0.2, -0.15) is 0 Å². The molecule has 1 heterocycles. The van der Waals surface area contributed by atoms with E-state index in [1.807, 2.05) is 6.92 Å². The Morgan fingerprint density at radius 2 is 2.29 bits per heavy atom. The van der Waals surface area contributed by atoms with E-state index in [1.165, 1.54) is 0 Å². The molecule has 1 aliphatic heterocycles. The Balaban J connectivity index is 2.29. The lowest BCUT2D eigenvalue weighted by molar-refractivity contribution is 0.144. The summed E-state index contributed by atoms with van der Waals surface area (Å²) >= 11 is 0. The molecule has 0 bridgehead atoms. The Morgan fingerprint density at radius 3 is 2.29 bits per heavy atom. The van der Waals surface area contributed by atoms with Crippen molar-refractivity contribution in [1.29, 1.82) is 0 Å². The van der Waals surface area contributed by atoms with Gasteiger partial charge in [0.25, 0.3) is 0 Å². The molecule has 0 amide bonds. The van der Waals surface area contributed by atoms with Crippen LogP contribution in [0.3, 0.4) is 0 Å². The number of alkyl halides is 1. The Hall–Kier alpha value is -0.110. The van der Waals surface area contributed by atoms with E-state index >= 15 is 0 Å². The van der Waals surface area contributed by atoms with Crippen molar-refractivity contribution >= 4 is 0 Å². The van der Waals surface area contributed by atoms with Crippen molar-refractivity contribution in [3.63, 3.8) is 0 Å². The Bertz CT molecular complexity index is 63.0. The summed E-state index contributed by atoms with van der Waals surface area (Å²) in [5.74, 6) is 0. The summed E-state index contributed by atoms with van der Waals surface area (Å²) in [6.45, 7) is 3.47. The van der Waals surface area contributed by atoms with E-state index in [-0.39, 0.29) is 12.1 Å². The molecule has 1 fully saturated rings. The van der Waals surface area contributed by atoms with E-state index in [2.05, 4.69) is 5.32 Å². The normalized spacial score (nSPS) is 26.6. The van der Waals surface area contributed by atoms with E-state index in [0.717, 1.165) is 13.1 Å². The molecule has 42 valence electrons. The predicted molar refractivity (Wildman–Crippen MR) is 27.0 cm³/mol. The summed E-state index contributed by atoms with van der Waals surface area (Å²) in [5.41, 5.74) is -0.0139. The van der Waals surface area contributed by atoms with E-state index in [1.54, 1.807) is 0 Å². The fourth-order valence-electron chi connectivity index (χ4n) is 0.646. The largest absolute Gasteiger partial charge is 0.315 e. The van der Waals surface area contributed by atoms with Crippen molar-refractivity contribution in [2.24, 2.45) is 5.41 Å². The standard InChI is InChI=1S/C5H10FN/c1-5(2-6)3-7-4-5/h7H,2-4H2,1H3. The van der Waals surface area contributed by atoms with Crippen LogP contribution in [-0.2, 0) is 0 Å². The third-order valence-corrected chi connectivity index (χ3v) is 1.43. The van der Waals surface area contributed by atoms with Gasteiger partial charge < -0.3 is 5.32 Å². The molecule has 1 rings (SSSR count). The first-order valence-corrected chi connectivity index (χ1v) is 2.54. The molecule has 1 nitrogen and oxygen atoms in total. The SMILES string of the molecule is CC1(CF)CNC1. The molecule has 1 aliphatic rings. The van der Waals surface area contributed by atoms with Crippen LogP contribution in [0.25, 0.3) is 0 Å². The molecule has 0 spiro atoms. The second-order valence-electron chi connectivity index (χ2n) is 2.55. The fraction of sp³-hybridized carbons (Fsp3) is 1.00. The molecule has 0 saturated carbocycles. The first kappa shape index (κ1) is 5.04. The van der Waals surface area contributed by atoms with Crippen LogP contribution >= 0.6 is 0 Å². The van der Waals surface area contributed by atoms with Crippen molar-refractivity contribution in [3.05, 3.63) is 0 Å². The zero-order chi connectivity index (χ0) is 5.33. The minimum absolute atomic E-state index is 0.0139. The Labute approximate surface area is 42.9 Å². The maximum Gasteiger partial charge on any atom is 0.0972 e. The zero-order valence-electron chi connectivity index (χ0n) is 4.50. The van der Waals surface area contributed by atoms with Gasteiger partial charge in [-0.05, 0) is 0 Å². The summed E-state index contributed by atoms with van der Waals surface area (Å²) < 4.78 is 11.8. The molecule has 0 aromatic heterocycles. The Morgan fingerprint density at radius 1 is 1.71 bits per heavy atom. The van der Waals surface area contributed by atoms with Gasteiger partial charge in [0.1, 0.15) is 0 Å². The summed E-state index contributed by atoms with van der Waals surface area (Å²) in [6.07, 6.45) is 0. The molecule has 1 saturated heterocycles. The average molecular weight is 103 g/mol. The first-order chi connectivity index (χ1) is 3.27. The maximum absolute atomic E-state index is 11.8. The fourth-order valence-corrected chi connectivity index (χ4v) is 0.646. The van der Waals surface area contributed by atoms with Crippen molar-refractivity contribution in [2.45, 2.75) is 6.92 Å². The van der Waals surface area contributed by atoms with Gasteiger partial charge in [-0.1, -0.05) is 6.92 Å². The van der Waals surface area contributed by atoms with Crippen LogP contribution in [0, 0.1) is 5.41 Å². The highest BCUT2D eigenvalue weighted by molar-refractivity contribution is 4.87. The van der Waals surface area contributed by atoms with Crippen LogP contribution in [0.2, 0.25) is 0 Å². The topological polar surface area (TPSA) is 12.0 Å². The molecule has 0 aromatic carbocycles. The monoisotopic (exact) mass is 103 g/mol. The molecular formula is C5H10FN. The van der Waals surface area contributed by atoms with Crippen LogP contribution in [-0.4, -0.2) is 19.8 Å². The van der Waals surface area contributed by atoms with Gasteiger partial charge in [-0.15, -0.1) is 0 Å². The first-order valence-electron chi connectivity index (χ1n) is 2.54. The molecular weight excluding hydrogens is 93.1 g/mol. The molecule has 1 N–H and O–H groups in total. The van der Waals surface area contributed by atoms with E-state index in [9.17, 15) is 4.39 Å². The molecule has 0 aliphatic carbocycles. The lowest BCUT2D eigenvalue weighted by Gasteiger charge is -2.36. The molecule has 0 unspecified atom stereocenters. The third kappa shape index (κ3) is 0.752. The predicted octanol–water partition coefficient (Wildman–Crippen LogP) is 0.565. The summed E-state index contributed by atoms with van der Waals surface area (Å²) in [7, 11) is 0. The van der Waals surface area contributed by atoms with Gasteiger partial charge in [0.15, 0.2) is 0 Å². The quantitative estimate of drug-likeness (QED) is 0.511. The lowest BCUT2D eigenvalue weighted by atomic mass is 9.86. The van der Waals surface area contributed by atoms with Crippen LogP contribution < -0.4 is 5.32 Å². The second-order valence-corrected chi connectivity index (χ2v) is 2.55. The summed E-state index contributed by atoms with van der Waals surface area (Å²) in [6, 6.07) is 0. The minimum Gasteiger partial charge on any atom is -0.315 e. The number of nitrogens with one attached hydrogen (secondary N) is 1. The maximum atomic E-state index is 11.8. The zero-order valence-corrected chi connectivity index (χ0v) is 4.50. The molecule has 0 radical (unpaired) electrons. The van der Waals surface area contributed by atoms with Gasteiger partial charge in [0.2, 0.25) is 0 Å². The lowest BCUT2D eigenvalue weighted by Crippen LogP contribution is -2.52. The molecule has 2 heteroatoms. The minimum atomic E-state index is -0.181. The molecule has 0 aromatic rings. The van der Waals surface area contributed by atoms with Crippen LogP contribution in [0.15, 0.2) is 0 Å². The van der Waals surface area contributed by atoms with Crippen LogP contribution in [0.1, 0.15) is 6.92 Å². The Kier molecular flexibility index (Phi) is 1.04. The highest BCUT2D eigenvalue weighted by Crippen LogP contribution is 2.20. The summed E-state index contributed by atoms with van der Waals surface area (Å²) in [4.78, 5) is 0. The third-order valence-electron chi connectivity index (χ3n) is 1.43. The van der Waals surface area contributed by atoms with E-state index in [0.29, 0.717) is 0 Å². The average Bonchev–Trinajstić information content (AvgIpc) is 1.61. The van der Waals surface area contributed by atoms with Gasteiger partial charge in [-0.3, -0.25) is 4.39 Å².